The zero-order chi connectivity index (χ0) is 9.19. The first-order valence-electron chi connectivity index (χ1n) is 4.27. The van der Waals surface area contributed by atoms with Crippen LogP contribution in [0.3, 0.4) is 0 Å². The first kappa shape index (κ1) is 9.48. The maximum atomic E-state index is 9.61. The summed E-state index contributed by atoms with van der Waals surface area (Å²) in [5.41, 5.74) is 4.76. The van der Waals surface area contributed by atoms with E-state index in [1.165, 1.54) is 0 Å². The Morgan fingerprint density at radius 1 is 1.58 bits per heavy atom. The zero-order valence-corrected chi connectivity index (χ0v) is 7.51. The second-order valence-electron chi connectivity index (χ2n) is 3.80. The van der Waals surface area contributed by atoms with Crippen molar-refractivity contribution in [1.29, 1.82) is 5.41 Å². The molecule has 0 saturated carbocycles. The maximum Gasteiger partial charge on any atom is 0.105 e. The number of amidine groups is 1. The molecule has 1 aliphatic rings. The molecular weight excluding hydrogens is 154 g/mol. The molecule has 0 spiro atoms. The Bertz CT molecular complexity index is 169. The summed E-state index contributed by atoms with van der Waals surface area (Å²) in [5.74, 6) is 0.205. The van der Waals surface area contributed by atoms with Gasteiger partial charge in [0.2, 0.25) is 0 Å². The first-order chi connectivity index (χ1) is 5.49. The van der Waals surface area contributed by atoms with Crippen molar-refractivity contribution in [2.75, 3.05) is 19.6 Å². The van der Waals surface area contributed by atoms with Crippen molar-refractivity contribution in [3.8, 4) is 0 Å². The highest BCUT2D eigenvalue weighted by molar-refractivity contribution is 5.78. The van der Waals surface area contributed by atoms with Crippen molar-refractivity contribution in [1.82, 2.24) is 4.90 Å². The van der Waals surface area contributed by atoms with E-state index in [9.17, 15) is 5.11 Å². The van der Waals surface area contributed by atoms with Crippen LogP contribution in [0.2, 0.25) is 0 Å². The minimum atomic E-state index is -0.507. The number of aliphatic hydroxyl groups is 1. The standard InChI is InChI=1S/C8H17N3O/c1-8(12)2-4-11(5-3-8)6-7(9)10/h12H,2-6H2,1H3,(H3,9,10). The molecule has 0 aromatic heterocycles. The van der Waals surface area contributed by atoms with E-state index in [2.05, 4.69) is 4.90 Å². The molecule has 4 N–H and O–H groups in total. The Hall–Kier alpha value is -0.610. The van der Waals surface area contributed by atoms with Crippen LogP contribution in [0.1, 0.15) is 19.8 Å². The predicted molar refractivity (Wildman–Crippen MR) is 48.2 cm³/mol. The average Bonchev–Trinajstić information content (AvgIpc) is 1.93. The molecule has 4 nitrogen and oxygen atoms in total. The van der Waals surface area contributed by atoms with E-state index >= 15 is 0 Å². The van der Waals surface area contributed by atoms with Gasteiger partial charge in [-0.25, -0.2) is 0 Å². The molecule has 1 rings (SSSR count). The van der Waals surface area contributed by atoms with Gasteiger partial charge in [-0.1, -0.05) is 0 Å². The third-order valence-electron chi connectivity index (χ3n) is 2.33. The van der Waals surface area contributed by atoms with Crippen molar-refractivity contribution in [2.45, 2.75) is 25.4 Å². The fraction of sp³-hybridized carbons (Fsp3) is 0.875. The van der Waals surface area contributed by atoms with E-state index in [1.54, 1.807) is 0 Å². The monoisotopic (exact) mass is 171 g/mol. The largest absolute Gasteiger partial charge is 0.390 e. The quantitative estimate of drug-likeness (QED) is 0.397. The first-order valence-corrected chi connectivity index (χ1v) is 4.27. The summed E-state index contributed by atoms with van der Waals surface area (Å²) in [4.78, 5) is 2.10. The second-order valence-corrected chi connectivity index (χ2v) is 3.80. The molecule has 0 bridgehead atoms. The summed E-state index contributed by atoms with van der Waals surface area (Å²) in [7, 11) is 0. The van der Waals surface area contributed by atoms with Crippen LogP contribution in [0.5, 0.6) is 0 Å². The molecule has 4 heteroatoms. The highest BCUT2D eigenvalue weighted by atomic mass is 16.3. The Labute approximate surface area is 72.9 Å². The van der Waals surface area contributed by atoms with E-state index < -0.39 is 5.60 Å². The highest BCUT2D eigenvalue weighted by Gasteiger charge is 2.27. The van der Waals surface area contributed by atoms with Crippen LogP contribution < -0.4 is 5.73 Å². The van der Waals surface area contributed by atoms with Crippen LogP contribution in [0.25, 0.3) is 0 Å². The van der Waals surface area contributed by atoms with Gasteiger partial charge < -0.3 is 10.8 Å². The molecule has 70 valence electrons. The van der Waals surface area contributed by atoms with Crippen LogP contribution >= 0.6 is 0 Å². The summed E-state index contributed by atoms with van der Waals surface area (Å²) in [5, 5.41) is 16.7. The number of nitrogens with one attached hydrogen (secondary N) is 1. The second kappa shape index (κ2) is 3.41. The zero-order valence-electron chi connectivity index (χ0n) is 7.51. The number of hydrogen-bond acceptors (Lipinski definition) is 3. The molecule has 0 radical (unpaired) electrons. The predicted octanol–water partition coefficient (Wildman–Crippen LogP) is -0.231. The molecule has 0 amide bonds. The van der Waals surface area contributed by atoms with Gasteiger partial charge in [0, 0.05) is 13.1 Å². The molecule has 0 atom stereocenters. The van der Waals surface area contributed by atoms with Crippen molar-refractivity contribution in [3.05, 3.63) is 0 Å². The number of nitrogens with two attached hydrogens (primary N) is 1. The van der Waals surface area contributed by atoms with Crippen LogP contribution in [-0.4, -0.2) is 41.1 Å². The van der Waals surface area contributed by atoms with Gasteiger partial charge in [0.05, 0.1) is 12.1 Å². The van der Waals surface area contributed by atoms with Crippen LogP contribution in [-0.2, 0) is 0 Å². The van der Waals surface area contributed by atoms with Gasteiger partial charge in [-0.05, 0) is 19.8 Å². The SMILES string of the molecule is CC1(O)CCN(CC(=N)N)CC1. The van der Waals surface area contributed by atoms with Gasteiger partial charge in [-0.3, -0.25) is 10.3 Å². The minimum absolute atomic E-state index is 0.205. The molecule has 1 fully saturated rings. The molecule has 0 unspecified atom stereocenters. The molecule has 12 heavy (non-hydrogen) atoms. The summed E-state index contributed by atoms with van der Waals surface area (Å²) < 4.78 is 0. The lowest BCUT2D eigenvalue weighted by molar-refractivity contribution is -0.00162. The van der Waals surface area contributed by atoms with Crippen LogP contribution in [0.4, 0.5) is 0 Å². The summed E-state index contributed by atoms with van der Waals surface area (Å²) in [6.45, 7) is 4.08. The van der Waals surface area contributed by atoms with Gasteiger partial charge in [-0.15, -0.1) is 0 Å². The van der Waals surface area contributed by atoms with Gasteiger partial charge >= 0.3 is 0 Å². The van der Waals surface area contributed by atoms with Gasteiger partial charge in [0.25, 0.3) is 0 Å². The molecule has 1 aliphatic heterocycles. The molecule has 0 aliphatic carbocycles. The van der Waals surface area contributed by atoms with Crippen molar-refractivity contribution < 1.29 is 5.11 Å². The van der Waals surface area contributed by atoms with E-state index in [4.69, 9.17) is 11.1 Å². The van der Waals surface area contributed by atoms with Gasteiger partial charge in [0.1, 0.15) is 5.84 Å². The van der Waals surface area contributed by atoms with E-state index in [0.29, 0.717) is 6.54 Å². The van der Waals surface area contributed by atoms with Crippen LogP contribution in [0.15, 0.2) is 0 Å². The Balaban J connectivity index is 2.31. The molecule has 0 aromatic carbocycles. The van der Waals surface area contributed by atoms with E-state index in [0.717, 1.165) is 25.9 Å². The van der Waals surface area contributed by atoms with E-state index in [1.807, 2.05) is 6.92 Å². The Kier molecular flexibility index (Phi) is 2.69. The van der Waals surface area contributed by atoms with Crippen molar-refractivity contribution in [3.63, 3.8) is 0 Å². The Morgan fingerprint density at radius 3 is 2.50 bits per heavy atom. The highest BCUT2D eigenvalue weighted by Crippen LogP contribution is 2.20. The number of hydrogen-bond donors (Lipinski definition) is 3. The fourth-order valence-corrected chi connectivity index (χ4v) is 1.43. The lowest BCUT2D eigenvalue weighted by Gasteiger charge is -2.35. The third-order valence-corrected chi connectivity index (χ3v) is 2.33. The topological polar surface area (TPSA) is 73.3 Å². The Morgan fingerprint density at radius 2 is 2.08 bits per heavy atom. The summed E-state index contributed by atoms with van der Waals surface area (Å²) in [6, 6.07) is 0. The van der Waals surface area contributed by atoms with Crippen molar-refractivity contribution >= 4 is 5.84 Å². The van der Waals surface area contributed by atoms with Gasteiger partial charge in [0.15, 0.2) is 0 Å². The van der Waals surface area contributed by atoms with E-state index in [-0.39, 0.29) is 5.84 Å². The number of likely N-dealkylation sites (tertiary alicyclic amines) is 1. The smallest absolute Gasteiger partial charge is 0.105 e. The number of piperidine rings is 1. The minimum Gasteiger partial charge on any atom is -0.390 e. The maximum absolute atomic E-state index is 9.61. The summed E-state index contributed by atoms with van der Waals surface area (Å²) >= 11 is 0. The molecule has 0 aromatic rings. The fourth-order valence-electron chi connectivity index (χ4n) is 1.43. The third kappa shape index (κ3) is 2.79. The number of nitrogens with zero attached hydrogens (tertiary/aromatic N) is 1. The molecule has 1 heterocycles. The molecule has 1 saturated heterocycles. The molecular formula is C8H17N3O. The lowest BCUT2D eigenvalue weighted by atomic mass is 9.94. The van der Waals surface area contributed by atoms with Crippen LogP contribution in [0, 0.1) is 5.41 Å². The summed E-state index contributed by atoms with van der Waals surface area (Å²) in [6.07, 6.45) is 1.56. The lowest BCUT2D eigenvalue weighted by Crippen LogP contribution is -2.45. The van der Waals surface area contributed by atoms with Gasteiger partial charge in [-0.2, -0.15) is 0 Å². The van der Waals surface area contributed by atoms with Crippen molar-refractivity contribution in [2.24, 2.45) is 5.73 Å². The average molecular weight is 171 g/mol. The normalized spacial score (nSPS) is 23.8. The number of rotatable bonds is 2.